The molecule has 0 aliphatic heterocycles. The molecular formula is C21H18N6O2S. The lowest BCUT2D eigenvalue weighted by molar-refractivity contribution is 0.103. The van der Waals surface area contributed by atoms with Gasteiger partial charge in [-0.25, -0.2) is 14.5 Å². The zero-order valence-electron chi connectivity index (χ0n) is 15.8. The lowest BCUT2D eigenvalue weighted by Gasteiger charge is -2.06. The maximum Gasteiger partial charge on any atom is 0.324 e. The Morgan fingerprint density at radius 1 is 0.867 bits per heavy atom. The van der Waals surface area contributed by atoms with Gasteiger partial charge in [-0.3, -0.25) is 10.1 Å². The molecule has 150 valence electrons. The summed E-state index contributed by atoms with van der Waals surface area (Å²) in [6, 6.07) is 19.7. The number of amides is 3. The average Bonchev–Trinajstić information content (AvgIpc) is 3.42. The van der Waals surface area contributed by atoms with Crippen molar-refractivity contribution in [2.45, 2.75) is 6.54 Å². The largest absolute Gasteiger partial charge is 0.324 e. The highest BCUT2D eigenvalue weighted by atomic mass is 32.1. The van der Waals surface area contributed by atoms with E-state index in [0.29, 0.717) is 27.8 Å². The summed E-state index contributed by atoms with van der Waals surface area (Å²) < 4.78 is 1.72. The van der Waals surface area contributed by atoms with Gasteiger partial charge in [-0.1, -0.05) is 30.3 Å². The molecule has 0 atom stereocenters. The molecular weight excluding hydrogens is 400 g/mol. The third-order valence-electron chi connectivity index (χ3n) is 4.12. The topological polar surface area (TPSA) is 101 Å². The molecule has 0 aliphatic carbocycles. The lowest BCUT2D eigenvalue weighted by Crippen LogP contribution is -2.18. The van der Waals surface area contributed by atoms with Crippen molar-refractivity contribution in [3.8, 4) is 0 Å². The minimum Gasteiger partial charge on any atom is -0.321 e. The summed E-state index contributed by atoms with van der Waals surface area (Å²) >= 11 is 1.20. The van der Waals surface area contributed by atoms with Crippen LogP contribution >= 0.6 is 11.3 Å². The fourth-order valence-corrected chi connectivity index (χ4v) is 3.51. The zero-order valence-corrected chi connectivity index (χ0v) is 16.6. The van der Waals surface area contributed by atoms with Gasteiger partial charge in [0.05, 0.1) is 16.4 Å². The second kappa shape index (κ2) is 9.01. The number of benzene rings is 2. The van der Waals surface area contributed by atoms with Gasteiger partial charge in [0.15, 0.2) is 0 Å². The van der Waals surface area contributed by atoms with Gasteiger partial charge in [0.1, 0.15) is 12.7 Å². The van der Waals surface area contributed by atoms with Crippen molar-refractivity contribution in [3.05, 3.63) is 89.8 Å². The molecule has 0 fully saturated rings. The second-order valence-electron chi connectivity index (χ2n) is 6.35. The standard InChI is InChI=1S/C21H18N6O2S/c28-20(24-17-8-6-15(7-9-17)12-27-14-22-13-23-27)18-10-11-19(30-18)26-21(29)25-16-4-2-1-3-5-16/h1-11,13-14H,12H2,(H,24,28)(H2,25,26,29). The van der Waals surface area contributed by atoms with Crippen molar-refractivity contribution in [1.29, 1.82) is 0 Å². The van der Waals surface area contributed by atoms with Gasteiger partial charge in [0, 0.05) is 11.4 Å². The Kier molecular flexibility index (Phi) is 5.81. The van der Waals surface area contributed by atoms with Crippen molar-refractivity contribution in [1.82, 2.24) is 14.8 Å². The summed E-state index contributed by atoms with van der Waals surface area (Å²) in [6.07, 6.45) is 3.14. The highest BCUT2D eigenvalue weighted by Gasteiger charge is 2.11. The molecule has 8 nitrogen and oxygen atoms in total. The number of rotatable bonds is 6. The Bertz CT molecular complexity index is 1120. The minimum atomic E-state index is -0.363. The van der Waals surface area contributed by atoms with Gasteiger partial charge in [-0.05, 0) is 42.0 Å². The molecule has 3 amide bonds. The van der Waals surface area contributed by atoms with Crippen LogP contribution in [0.5, 0.6) is 0 Å². The number of aromatic nitrogens is 3. The molecule has 30 heavy (non-hydrogen) atoms. The number of thiophene rings is 1. The molecule has 0 bridgehead atoms. The summed E-state index contributed by atoms with van der Waals surface area (Å²) in [5.74, 6) is -0.236. The molecule has 2 aromatic heterocycles. The zero-order chi connectivity index (χ0) is 20.8. The van der Waals surface area contributed by atoms with Crippen LogP contribution in [0.1, 0.15) is 15.2 Å². The van der Waals surface area contributed by atoms with Gasteiger partial charge in [0.2, 0.25) is 0 Å². The fraction of sp³-hybridized carbons (Fsp3) is 0.0476. The van der Waals surface area contributed by atoms with Crippen LogP contribution in [0, 0.1) is 0 Å². The highest BCUT2D eigenvalue weighted by Crippen LogP contribution is 2.23. The number of carbonyl (C=O) groups is 2. The quantitative estimate of drug-likeness (QED) is 0.435. The van der Waals surface area contributed by atoms with Gasteiger partial charge in [-0.2, -0.15) is 5.10 Å². The molecule has 0 radical (unpaired) electrons. The lowest BCUT2D eigenvalue weighted by atomic mass is 10.2. The van der Waals surface area contributed by atoms with E-state index in [-0.39, 0.29) is 11.9 Å². The monoisotopic (exact) mass is 418 g/mol. The number of anilines is 3. The van der Waals surface area contributed by atoms with Crippen LogP contribution in [0.3, 0.4) is 0 Å². The van der Waals surface area contributed by atoms with E-state index < -0.39 is 0 Å². The SMILES string of the molecule is O=C(Nc1ccccc1)Nc1ccc(C(=O)Nc2ccc(Cn3cncn3)cc2)s1. The molecule has 4 rings (SSSR count). The number of nitrogens with one attached hydrogen (secondary N) is 3. The van der Waals surface area contributed by atoms with Crippen LogP contribution in [0.4, 0.5) is 21.2 Å². The number of urea groups is 1. The Labute approximate surface area is 176 Å². The van der Waals surface area contributed by atoms with Crippen molar-refractivity contribution in [3.63, 3.8) is 0 Å². The first kappa shape index (κ1) is 19.3. The van der Waals surface area contributed by atoms with E-state index in [4.69, 9.17) is 0 Å². The predicted octanol–water partition coefficient (Wildman–Crippen LogP) is 4.28. The van der Waals surface area contributed by atoms with E-state index in [1.165, 1.54) is 17.7 Å². The Morgan fingerprint density at radius 3 is 2.37 bits per heavy atom. The summed E-state index contributed by atoms with van der Waals surface area (Å²) in [6.45, 7) is 0.610. The van der Waals surface area contributed by atoms with Gasteiger partial charge in [0.25, 0.3) is 5.91 Å². The van der Waals surface area contributed by atoms with E-state index in [9.17, 15) is 9.59 Å². The first-order chi connectivity index (χ1) is 14.7. The maximum atomic E-state index is 12.5. The minimum absolute atomic E-state index is 0.236. The van der Waals surface area contributed by atoms with Crippen molar-refractivity contribution in [2.75, 3.05) is 16.0 Å². The Hall–Kier alpha value is -3.98. The van der Waals surface area contributed by atoms with E-state index >= 15 is 0 Å². The van der Waals surface area contributed by atoms with E-state index in [1.54, 1.807) is 35.3 Å². The Balaban J connectivity index is 1.32. The Morgan fingerprint density at radius 2 is 1.63 bits per heavy atom. The molecule has 2 heterocycles. The third-order valence-corrected chi connectivity index (χ3v) is 5.12. The number of nitrogens with zero attached hydrogens (tertiary/aromatic N) is 3. The van der Waals surface area contributed by atoms with Crippen LogP contribution in [0.2, 0.25) is 0 Å². The molecule has 2 aromatic carbocycles. The second-order valence-corrected chi connectivity index (χ2v) is 7.44. The average molecular weight is 418 g/mol. The van der Waals surface area contributed by atoms with E-state index in [0.717, 1.165) is 5.56 Å². The molecule has 0 saturated heterocycles. The first-order valence-electron chi connectivity index (χ1n) is 9.11. The summed E-state index contributed by atoms with van der Waals surface area (Å²) in [5.41, 5.74) is 2.43. The smallest absolute Gasteiger partial charge is 0.321 e. The molecule has 9 heteroatoms. The molecule has 0 aliphatic rings. The predicted molar refractivity (Wildman–Crippen MR) is 117 cm³/mol. The van der Waals surface area contributed by atoms with Crippen LogP contribution in [-0.4, -0.2) is 26.7 Å². The summed E-state index contributed by atoms with van der Waals surface area (Å²) in [7, 11) is 0. The summed E-state index contributed by atoms with van der Waals surface area (Å²) in [4.78, 5) is 29.0. The number of hydrogen-bond donors (Lipinski definition) is 3. The van der Waals surface area contributed by atoms with Crippen LogP contribution < -0.4 is 16.0 Å². The number of para-hydroxylation sites is 1. The number of carbonyl (C=O) groups excluding carboxylic acids is 2. The van der Waals surface area contributed by atoms with Crippen molar-refractivity contribution >= 4 is 39.7 Å². The normalized spacial score (nSPS) is 10.4. The first-order valence-corrected chi connectivity index (χ1v) is 9.93. The molecule has 4 aromatic rings. The van der Waals surface area contributed by atoms with Crippen LogP contribution in [0.15, 0.2) is 79.4 Å². The number of hydrogen-bond acceptors (Lipinski definition) is 5. The fourth-order valence-electron chi connectivity index (χ4n) is 2.71. The van der Waals surface area contributed by atoms with Gasteiger partial charge >= 0.3 is 6.03 Å². The molecule has 0 saturated carbocycles. The highest BCUT2D eigenvalue weighted by molar-refractivity contribution is 7.18. The third kappa shape index (κ3) is 5.09. The maximum absolute atomic E-state index is 12.5. The van der Waals surface area contributed by atoms with Crippen LogP contribution in [-0.2, 0) is 6.54 Å². The van der Waals surface area contributed by atoms with E-state index in [1.807, 2.05) is 42.5 Å². The molecule has 0 unspecified atom stereocenters. The van der Waals surface area contributed by atoms with E-state index in [2.05, 4.69) is 26.0 Å². The molecule has 3 N–H and O–H groups in total. The van der Waals surface area contributed by atoms with Gasteiger partial charge < -0.3 is 10.6 Å². The van der Waals surface area contributed by atoms with Crippen molar-refractivity contribution < 1.29 is 9.59 Å². The van der Waals surface area contributed by atoms with Crippen molar-refractivity contribution in [2.24, 2.45) is 0 Å². The van der Waals surface area contributed by atoms with Gasteiger partial charge in [-0.15, -0.1) is 11.3 Å². The van der Waals surface area contributed by atoms with Crippen LogP contribution in [0.25, 0.3) is 0 Å². The summed E-state index contributed by atoms with van der Waals surface area (Å²) in [5, 5.41) is 13.0. The molecule has 0 spiro atoms.